The van der Waals surface area contributed by atoms with Crippen molar-refractivity contribution in [2.45, 2.75) is 26.4 Å². The molecule has 0 aliphatic carbocycles. The van der Waals surface area contributed by atoms with Crippen molar-refractivity contribution in [3.05, 3.63) is 58.3 Å². The second kappa shape index (κ2) is 9.22. The van der Waals surface area contributed by atoms with E-state index in [4.69, 9.17) is 0 Å². The molecule has 0 unspecified atom stereocenters. The first-order valence-electron chi connectivity index (χ1n) is 8.38. The lowest BCUT2D eigenvalue weighted by atomic mass is 10.2. The van der Waals surface area contributed by atoms with Gasteiger partial charge in [-0.25, -0.2) is 4.79 Å². The summed E-state index contributed by atoms with van der Waals surface area (Å²) >= 11 is 1.61. The van der Waals surface area contributed by atoms with Gasteiger partial charge in [-0.05, 0) is 30.9 Å². The molecule has 134 valence electrons. The summed E-state index contributed by atoms with van der Waals surface area (Å²) in [5.41, 5.74) is 1.08. The summed E-state index contributed by atoms with van der Waals surface area (Å²) in [6.45, 7) is 5.06. The van der Waals surface area contributed by atoms with E-state index in [2.05, 4.69) is 5.32 Å². The van der Waals surface area contributed by atoms with Gasteiger partial charge in [-0.15, -0.1) is 11.3 Å². The van der Waals surface area contributed by atoms with Crippen molar-refractivity contribution in [2.24, 2.45) is 0 Å². The SMILES string of the molecule is CCN(Cc1ccccc1)C(=O)CNC(=O)N(C)[C@@H](C)c1cccs1. The minimum atomic E-state index is -0.245. The zero-order chi connectivity index (χ0) is 18.2. The van der Waals surface area contributed by atoms with Gasteiger partial charge >= 0.3 is 6.03 Å². The Bertz CT molecular complexity index is 673. The smallest absolute Gasteiger partial charge is 0.318 e. The Hall–Kier alpha value is -2.34. The van der Waals surface area contributed by atoms with Crippen molar-refractivity contribution in [2.75, 3.05) is 20.1 Å². The van der Waals surface area contributed by atoms with E-state index in [9.17, 15) is 9.59 Å². The molecule has 1 heterocycles. The van der Waals surface area contributed by atoms with E-state index in [1.54, 1.807) is 28.2 Å². The molecular formula is C19H25N3O2S. The largest absolute Gasteiger partial charge is 0.337 e. The number of hydrogen-bond donors (Lipinski definition) is 1. The summed E-state index contributed by atoms with van der Waals surface area (Å²) in [5, 5.41) is 4.72. The Labute approximate surface area is 153 Å². The predicted molar refractivity (Wildman–Crippen MR) is 101 cm³/mol. The number of benzene rings is 1. The molecule has 0 saturated carbocycles. The fraction of sp³-hybridized carbons (Fsp3) is 0.368. The minimum Gasteiger partial charge on any atom is -0.337 e. The van der Waals surface area contributed by atoms with Crippen molar-refractivity contribution >= 4 is 23.3 Å². The first kappa shape index (κ1) is 19.0. The van der Waals surface area contributed by atoms with Crippen LogP contribution in [0.3, 0.4) is 0 Å². The van der Waals surface area contributed by atoms with Crippen molar-refractivity contribution in [1.29, 1.82) is 0 Å². The van der Waals surface area contributed by atoms with Gasteiger partial charge in [0.2, 0.25) is 5.91 Å². The number of urea groups is 1. The van der Waals surface area contributed by atoms with E-state index < -0.39 is 0 Å². The lowest BCUT2D eigenvalue weighted by Gasteiger charge is -2.26. The molecule has 3 amide bonds. The molecule has 1 atom stereocenters. The Morgan fingerprint density at radius 2 is 1.88 bits per heavy atom. The van der Waals surface area contributed by atoms with Gasteiger partial charge in [-0.3, -0.25) is 4.79 Å². The topological polar surface area (TPSA) is 52.7 Å². The average Bonchev–Trinajstić information content (AvgIpc) is 3.18. The van der Waals surface area contributed by atoms with Gasteiger partial charge in [-0.1, -0.05) is 36.4 Å². The van der Waals surface area contributed by atoms with Crippen molar-refractivity contribution in [3.63, 3.8) is 0 Å². The van der Waals surface area contributed by atoms with Gasteiger partial charge in [0, 0.05) is 25.0 Å². The summed E-state index contributed by atoms with van der Waals surface area (Å²) in [7, 11) is 1.74. The predicted octanol–water partition coefficient (Wildman–Crippen LogP) is 3.50. The zero-order valence-electron chi connectivity index (χ0n) is 14.9. The molecule has 0 aliphatic heterocycles. The Morgan fingerprint density at radius 3 is 2.48 bits per heavy atom. The van der Waals surface area contributed by atoms with Crippen molar-refractivity contribution in [1.82, 2.24) is 15.1 Å². The number of nitrogens with zero attached hydrogens (tertiary/aromatic N) is 2. The van der Waals surface area contributed by atoms with Crippen LogP contribution < -0.4 is 5.32 Å². The number of carbonyl (C=O) groups excluding carboxylic acids is 2. The summed E-state index contributed by atoms with van der Waals surface area (Å²) < 4.78 is 0. The lowest BCUT2D eigenvalue weighted by molar-refractivity contribution is -0.130. The third-order valence-electron chi connectivity index (χ3n) is 4.20. The van der Waals surface area contributed by atoms with Crippen LogP contribution in [0, 0.1) is 0 Å². The van der Waals surface area contributed by atoms with Crippen LogP contribution in [0.5, 0.6) is 0 Å². The maximum absolute atomic E-state index is 12.4. The molecule has 2 rings (SSSR count). The van der Waals surface area contributed by atoms with E-state index in [1.165, 1.54) is 0 Å². The van der Waals surface area contributed by atoms with E-state index in [1.807, 2.05) is 61.7 Å². The third-order valence-corrected chi connectivity index (χ3v) is 5.24. The molecule has 25 heavy (non-hydrogen) atoms. The first-order valence-corrected chi connectivity index (χ1v) is 9.26. The Morgan fingerprint density at radius 1 is 1.16 bits per heavy atom. The number of thiophene rings is 1. The number of carbonyl (C=O) groups is 2. The van der Waals surface area contributed by atoms with E-state index in [0.717, 1.165) is 10.4 Å². The average molecular weight is 359 g/mol. The van der Waals surface area contributed by atoms with Crippen LogP contribution in [0.25, 0.3) is 0 Å². The Balaban J connectivity index is 1.86. The van der Waals surface area contributed by atoms with Crippen molar-refractivity contribution in [3.8, 4) is 0 Å². The monoisotopic (exact) mass is 359 g/mol. The molecule has 2 aromatic rings. The highest BCUT2D eigenvalue weighted by molar-refractivity contribution is 7.10. The third kappa shape index (κ3) is 5.32. The molecule has 0 saturated heterocycles. The van der Waals surface area contributed by atoms with Crippen LogP contribution in [-0.4, -0.2) is 41.9 Å². The zero-order valence-corrected chi connectivity index (χ0v) is 15.8. The summed E-state index contributed by atoms with van der Waals surface area (Å²) in [6, 6.07) is 13.5. The van der Waals surface area contributed by atoms with Gasteiger partial charge in [0.1, 0.15) is 0 Å². The molecule has 1 aromatic heterocycles. The maximum atomic E-state index is 12.4. The molecule has 5 nitrogen and oxygen atoms in total. The number of amides is 3. The van der Waals surface area contributed by atoms with E-state index in [-0.39, 0.29) is 24.5 Å². The van der Waals surface area contributed by atoms with Gasteiger partial charge < -0.3 is 15.1 Å². The molecule has 0 bridgehead atoms. The highest BCUT2D eigenvalue weighted by atomic mass is 32.1. The van der Waals surface area contributed by atoms with Crippen LogP contribution >= 0.6 is 11.3 Å². The highest BCUT2D eigenvalue weighted by Gasteiger charge is 2.19. The normalized spacial score (nSPS) is 11.6. The Kier molecular flexibility index (Phi) is 7.01. The van der Waals surface area contributed by atoms with Crippen LogP contribution in [-0.2, 0) is 11.3 Å². The molecule has 0 spiro atoms. The van der Waals surface area contributed by atoms with Gasteiger partial charge in [-0.2, -0.15) is 0 Å². The highest BCUT2D eigenvalue weighted by Crippen LogP contribution is 2.23. The summed E-state index contributed by atoms with van der Waals surface area (Å²) in [4.78, 5) is 29.2. The fourth-order valence-corrected chi connectivity index (χ4v) is 3.29. The maximum Gasteiger partial charge on any atom is 0.318 e. The number of rotatable bonds is 7. The fourth-order valence-electron chi connectivity index (χ4n) is 2.46. The number of nitrogens with one attached hydrogen (secondary N) is 1. The second-order valence-electron chi connectivity index (χ2n) is 5.85. The van der Waals surface area contributed by atoms with Crippen LogP contribution in [0.2, 0.25) is 0 Å². The lowest BCUT2D eigenvalue weighted by Crippen LogP contribution is -2.44. The van der Waals surface area contributed by atoms with Crippen molar-refractivity contribution < 1.29 is 9.59 Å². The molecule has 0 aliphatic rings. The van der Waals surface area contributed by atoms with Gasteiger partial charge in [0.25, 0.3) is 0 Å². The van der Waals surface area contributed by atoms with Gasteiger partial charge in [0.05, 0.1) is 12.6 Å². The van der Waals surface area contributed by atoms with Crippen LogP contribution in [0.1, 0.15) is 30.3 Å². The quantitative estimate of drug-likeness (QED) is 0.823. The standard InChI is InChI=1S/C19H25N3O2S/c1-4-22(14-16-9-6-5-7-10-16)18(23)13-20-19(24)21(3)15(2)17-11-8-12-25-17/h5-12,15H,4,13-14H2,1-3H3,(H,20,24)/t15-/m0/s1. The minimum absolute atomic E-state index is 0.000999. The van der Waals surface area contributed by atoms with E-state index >= 15 is 0 Å². The second-order valence-corrected chi connectivity index (χ2v) is 6.83. The summed E-state index contributed by atoms with van der Waals surface area (Å²) in [5.74, 6) is -0.0862. The van der Waals surface area contributed by atoms with Crippen LogP contribution in [0.4, 0.5) is 4.79 Å². The molecule has 6 heteroatoms. The molecule has 1 aromatic carbocycles. The molecular weight excluding hydrogens is 334 g/mol. The molecule has 1 N–H and O–H groups in total. The molecule has 0 radical (unpaired) electrons. The number of hydrogen-bond acceptors (Lipinski definition) is 3. The first-order chi connectivity index (χ1) is 12.0. The van der Waals surface area contributed by atoms with E-state index in [0.29, 0.717) is 13.1 Å². The van der Waals surface area contributed by atoms with Gasteiger partial charge in [0.15, 0.2) is 0 Å². The summed E-state index contributed by atoms with van der Waals surface area (Å²) in [6.07, 6.45) is 0. The number of likely N-dealkylation sites (N-methyl/N-ethyl adjacent to an activating group) is 1. The van der Waals surface area contributed by atoms with Crippen LogP contribution in [0.15, 0.2) is 47.8 Å². The molecule has 0 fully saturated rings.